The number of ketones is 2. The average Bonchev–Trinajstić information content (AvgIpc) is 1.55. The molecule has 0 bridgehead atoms. The maximum absolute atomic E-state index is 14.7. The van der Waals surface area contributed by atoms with Crippen LogP contribution in [0.1, 0.15) is 311 Å². The molecule has 6 atom stereocenters. The second-order valence-corrected chi connectivity index (χ2v) is 43.2. The lowest BCUT2D eigenvalue weighted by Crippen LogP contribution is -2.03. The van der Waals surface area contributed by atoms with Crippen LogP contribution in [0.2, 0.25) is 0 Å². The SMILES string of the molecule is C#C/C(C#N)=C1/C(=C/c2cc(CC(CC)CCCC)c(-c3cc(CC(CC)CCCC)c(-c4cc5c(-c6ccc(CC(CC)CCCC)s6)c6sc(-c7sc(-c8sc(/C=C9\C(=O)c%10ccccc%10C9=C(C#N)C#N)cc8CC(CC)CCCC)cc7CC(CC)CCCC)cc6c(-c6ccc(CC(CC)CCCC)s6)c5s4)s3)s2)C(=O)c2ccccc21. The van der Waals surface area contributed by atoms with Crippen LogP contribution in [0.4, 0.5) is 0 Å². The van der Waals surface area contributed by atoms with Gasteiger partial charge in [0, 0.05) is 133 Å². The number of unbranched alkanes of at least 4 members (excludes halogenated alkanes) is 6. The minimum absolute atomic E-state index is 0.0398. The first kappa shape index (κ1) is 91.8. The van der Waals surface area contributed by atoms with Crippen LogP contribution in [-0.4, -0.2) is 11.6 Å². The molecule has 2 aliphatic carbocycles. The maximum Gasteiger partial charge on any atom is 0.194 e. The number of terminal acetylenes is 1. The van der Waals surface area contributed by atoms with Crippen molar-refractivity contribution in [2.75, 3.05) is 0 Å². The molecule has 0 spiro atoms. The van der Waals surface area contributed by atoms with Crippen LogP contribution in [-0.2, 0) is 38.5 Å². The first-order valence-electron chi connectivity index (χ1n) is 46.2. The lowest BCUT2D eigenvalue weighted by molar-refractivity contribution is 0.103. The van der Waals surface area contributed by atoms with E-state index in [9.17, 15) is 25.4 Å². The molecule has 3 aromatic carbocycles. The second-order valence-electron chi connectivity index (χ2n) is 34.5. The largest absolute Gasteiger partial charge is 0.289 e. The van der Waals surface area contributed by atoms with Crippen molar-refractivity contribution in [1.29, 1.82) is 15.8 Å². The Balaban J connectivity index is 1.07. The van der Waals surface area contributed by atoms with E-state index in [0.717, 1.165) is 118 Å². The summed E-state index contributed by atoms with van der Waals surface area (Å²) in [5.74, 6) is 5.68. The van der Waals surface area contributed by atoms with Gasteiger partial charge >= 0.3 is 0 Å². The zero-order chi connectivity index (χ0) is 86.1. The third-order valence-corrected chi connectivity index (χ3v) is 36.1. The van der Waals surface area contributed by atoms with Crippen molar-refractivity contribution in [1.82, 2.24) is 0 Å². The van der Waals surface area contributed by atoms with E-state index >= 15 is 0 Å². The van der Waals surface area contributed by atoms with E-state index < -0.39 is 0 Å². The van der Waals surface area contributed by atoms with Crippen molar-refractivity contribution < 1.29 is 9.59 Å². The number of rotatable bonds is 44. The molecular formula is C109H123N3O2S8. The Hall–Kier alpha value is -7.89. The van der Waals surface area contributed by atoms with Gasteiger partial charge in [-0.1, -0.05) is 292 Å². The molecule has 0 radical (unpaired) electrons. The van der Waals surface area contributed by atoms with Crippen LogP contribution in [0, 0.1) is 81.8 Å². The second kappa shape index (κ2) is 43.8. The Morgan fingerprint density at radius 3 is 0.967 bits per heavy atom. The summed E-state index contributed by atoms with van der Waals surface area (Å²) in [6.45, 7) is 28.2. The minimum atomic E-state index is -0.147. The van der Waals surface area contributed by atoms with Crippen molar-refractivity contribution in [3.63, 3.8) is 0 Å². The summed E-state index contributed by atoms with van der Waals surface area (Å²) in [5, 5.41) is 34.2. The molecule has 0 fully saturated rings. The number of carbonyl (C=O) groups excluding carboxylic acids is 2. The van der Waals surface area contributed by atoms with E-state index in [1.807, 2.05) is 129 Å². The fraction of sp³-hybridized carbons (Fsp3) is 0.440. The number of hydrogen-bond acceptors (Lipinski definition) is 13. The summed E-state index contributed by atoms with van der Waals surface area (Å²) in [5.41, 5.74) is 12.7. The number of fused-ring (bicyclic) bond motifs is 4. The lowest BCUT2D eigenvalue weighted by atomic mass is 9.90. The molecule has 8 aromatic heterocycles. The molecule has 6 unspecified atom stereocenters. The fourth-order valence-electron chi connectivity index (χ4n) is 18.8. The highest BCUT2D eigenvalue weighted by Crippen LogP contribution is 2.58. The van der Waals surface area contributed by atoms with Gasteiger partial charge in [-0.25, -0.2) is 0 Å². The third-order valence-electron chi connectivity index (χ3n) is 26.2. The Morgan fingerprint density at radius 1 is 0.344 bits per heavy atom. The molecule has 5 nitrogen and oxygen atoms in total. The molecule has 0 aliphatic heterocycles. The predicted molar refractivity (Wildman–Crippen MR) is 536 cm³/mol. The van der Waals surface area contributed by atoms with Crippen molar-refractivity contribution in [2.45, 2.75) is 276 Å². The van der Waals surface area contributed by atoms with Gasteiger partial charge in [0.1, 0.15) is 29.4 Å². The van der Waals surface area contributed by atoms with Crippen molar-refractivity contribution in [2.24, 2.45) is 35.5 Å². The Bertz CT molecular complexity index is 5390. The van der Waals surface area contributed by atoms with Crippen molar-refractivity contribution >= 4 is 146 Å². The number of carbonyl (C=O) groups is 2. The number of hydrogen-bond donors (Lipinski definition) is 0. The van der Waals surface area contributed by atoms with Gasteiger partial charge in [-0.05, 0) is 180 Å². The van der Waals surface area contributed by atoms with Crippen LogP contribution in [0.5, 0.6) is 0 Å². The van der Waals surface area contributed by atoms with Crippen LogP contribution in [0.15, 0.2) is 131 Å². The highest BCUT2D eigenvalue weighted by molar-refractivity contribution is 7.31. The summed E-state index contributed by atoms with van der Waals surface area (Å²) in [4.78, 5) is 47.4. The Labute approximate surface area is 761 Å². The van der Waals surface area contributed by atoms with Crippen LogP contribution < -0.4 is 0 Å². The molecule has 2 aliphatic rings. The van der Waals surface area contributed by atoms with E-state index in [0.29, 0.717) is 74.5 Å². The zero-order valence-electron chi connectivity index (χ0n) is 74.2. The molecule has 13 rings (SSSR count). The molecule has 0 amide bonds. The van der Waals surface area contributed by atoms with Gasteiger partial charge in [0.15, 0.2) is 11.6 Å². The number of Topliss-reactive ketones (excluding diaryl/α,β-unsaturated/α-hetero) is 2. The first-order valence-corrected chi connectivity index (χ1v) is 52.7. The van der Waals surface area contributed by atoms with Gasteiger partial charge in [-0.15, -0.1) is 97.1 Å². The Kier molecular flexibility index (Phi) is 33.0. The monoisotopic (exact) mass is 1760 g/mol. The van der Waals surface area contributed by atoms with Gasteiger partial charge in [0.25, 0.3) is 0 Å². The molecule has 0 saturated heterocycles. The van der Waals surface area contributed by atoms with E-state index in [4.69, 9.17) is 6.42 Å². The number of allylic oxidation sites excluding steroid dienone is 6. The van der Waals surface area contributed by atoms with Gasteiger partial charge in [0.05, 0.1) is 0 Å². The summed E-state index contributed by atoms with van der Waals surface area (Å²) in [6, 6.07) is 46.9. The molecule has 0 N–H and O–H groups in total. The van der Waals surface area contributed by atoms with Crippen molar-refractivity contribution in [3.8, 4) is 90.4 Å². The van der Waals surface area contributed by atoms with Gasteiger partial charge in [-0.3, -0.25) is 9.59 Å². The van der Waals surface area contributed by atoms with E-state index in [2.05, 4.69) is 168 Å². The predicted octanol–water partition coefficient (Wildman–Crippen LogP) is 35.3. The molecule has 0 saturated carbocycles. The maximum atomic E-state index is 14.7. The molecule has 11 aromatic rings. The number of nitriles is 3. The normalized spacial score (nSPS) is 15.3. The molecule has 8 heterocycles. The van der Waals surface area contributed by atoms with Crippen molar-refractivity contribution in [3.05, 3.63) is 196 Å². The fourth-order valence-corrected chi connectivity index (χ4v) is 28.9. The number of thiophene rings is 8. The van der Waals surface area contributed by atoms with E-state index in [1.54, 1.807) is 22.7 Å². The topological polar surface area (TPSA) is 106 Å². The quantitative estimate of drug-likeness (QED) is 0.0215. The first-order chi connectivity index (χ1) is 59.6. The molecule has 634 valence electrons. The van der Waals surface area contributed by atoms with Gasteiger partial charge < -0.3 is 0 Å². The van der Waals surface area contributed by atoms with Crippen LogP contribution >= 0.6 is 90.7 Å². The summed E-state index contributed by atoms with van der Waals surface area (Å²) in [6.07, 6.45) is 44.3. The molecular weight excluding hydrogens is 1640 g/mol. The van der Waals surface area contributed by atoms with Crippen LogP contribution in [0.3, 0.4) is 0 Å². The number of nitrogens with zero attached hydrogens (tertiary/aromatic N) is 3. The smallest absolute Gasteiger partial charge is 0.194 e. The highest BCUT2D eigenvalue weighted by atomic mass is 32.1. The lowest BCUT2D eigenvalue weighted by Gasteiger charge is -2.14. The van der Waals surface area contributed by atoms with E-state index in [1.165, 1.54) is 202 Å². The summed E-state index contributed by atoms with van der Waals surface area (Å²) >= 11 is 15.6. The zero-order valence-corrected chi connectivity index (χ0v) is 80.8. The minimum Gasteiger partial charge on any atom is -0.289 e. The van der Waals surface area contributed by atoms with Crippen LogP contribution in [0.25, 0.3) is 103 Å². The van der Waals surface area contributed by atoms with Gasteiger partial charge in [-0.2, -0.15) is 15.8 Å². The standard InChI is InChI=1S/C109H123N3O2S8/c1-14-27-37-68(20-7)51-75-57-82(61-88-98(74(26-13)65-110)84-43-33-35-45-86(84)102(88)113)117-104(75)94-59-77(53-70(22-9)39-29-16-3)106(119-94)96-63-90-100(92-49-47-80(115-92)55-72(24-11)41-31-18-5)109-91(101(108(90)121-96)93-50-48-81(116-93)56-73(25-12)42-32-19-6)64-97(122-109)107-78(54-71(23-10)40-30-17-4)60-95(120-107)105-76(52-69(21-8)38-28-15-2)58-83(118-105)62-89-99(79(66-111)67-112)85-44-34-36-46-87(85)103(89)114/h13,33-36,43-50,57-64,68-73H,14-25,27-32,37-42,51-56H2,1-12H3/b88-61-,89-62-,98-74-. The van der Waals surface area contributed by atoms with Gasteiger partial charge in [0.2, 0.25) is 0 Å². The Morgan fingerprint density at radius 2 is 0.648 bits per heavy atom. The van der Waals surface area contributed by atoms with E-state index in [-0.39, 0.29) is 22.7 Å². The third kappa shape index (κ3) is 20.5. The average molecular weight is 1760 g/mol. The summed E-state index contributed by atoms with van der Waals surface area (Å²) < 4.78 is 2.72. The summed E-state index contributed by atoms with van der Waals surface area (Å²) in [7, 11) is 0. The molecule has 122 heavy (non-hydrogen) atoms. The number of benzene rings is 3. The molecule has 13 heteroatoms. The highest BCUT2D eigenvalue weighted by Gasteiger charge is 2.36.